The Bertz CT molecular complexity index is 1000. The van der Waals surface area contributed by atoms with Crippen LogP contribution in [0.1, 0.15) is 42.5 Å². The molecule has 170 valence electrons. The largest absolute Gasteiger partial charge is 0.388 e. The van der Waals surface area contributed by atoms with Crippen molar-refractivity contribution in [2.24, 2.45) is 0 Å². The highest BCUT2D eigenvalue weighted by atomic mass is 32.2. The first-order valence-electron chi connectivity index (χ1n) is 9.88. The van der Waals surface area contributed by atoms with E-state index in [9.17, 15) is 23.7 Å². The summed E-state index contributed by atoms with van der Waals surface area (Å²) in [6.07, 6.45) is 1.60. The zero-order valence-electron chi connectivity index (χ0n) is 18.3. The van der Waals surface area contributed by atoms with E-state index in [1.165, 1.54) is 18.2 Å². The van der Waals surface area contributed by atoms with Crippen molar-refractivity contribution in [2.75, 3.05) is 6.26 Å². The first-order chi connectivity index (χ1) is 14.5. The van der Waals surface area contributed by atoms with Gasteiger partial charge in [0.25, 0.3) is 0 Å². The zero-order chi connectivity index (χ0) is 23.3. The van der Waals surface area contributed by atoms with Crippen LogP contribution in [0.2, 0.25) is 0 Å². The van der Waals surface area contributed by atoms with E-state index in [4.69, 9.17) is 4.74 Å². The highest BCUT2D eigenvalue weighted by Crippen LogP contribution is 2.31. The monoisotopic (exact) mass is 450 g/mol. The molecule has 0 saturated carbocycles. The zero-order valence-corrected chi connectivity index (χ0v) is 19.1. The minimum absolute atomic E-state index is 0.0788. The van der Waals surface area contributed by atoms with Crippen molar-refractivity contribution in [1.82, 2.24) is 9.97 Å². The van der Waals surface area contributed by atoms with Gasteiger partial charge in [-0.2, -0.15) is 0 Å². The summed E-state index contributed by atoms with van der Waals surface area (Å²) < 4.78 is 28.3. The predicted molar refractivity (Wildman–Crippen MR) is 117 cm³/mol. The maximum absolute atomic E-state index is 11.5. The molecule has 0 amide bonds. The molecule has 8 nitrogen and oxygen atoms in total. The number of aryl methyl sites for hydroxylation is 2. The SMILES string of the molecule is C/C=C\c1c(C)ncnc1C.CC1OC(C(O)c2cccc(S(C)(=O)=O)c2)C(O)C1O. The second kappa shape index (κ2) is 10.4. The Hall–Kier alpha value is -2.17. The highest BCUT2D eigenvalue weighted by molar-refractivity contribution is 7.90. The van der Waals surface area contributed by atoms with Crippen molar-refractivity contribution in [2.45, 2.75) is 63.1 Å². The van der Waals surface area contributed by atoms with E-state index in [0.29, 0.717) is 5.56 Å². The Morgan fingerprint density at radius 2 is 1.74 bits per heavy atom. The maximum atomic E-state index is 11.5. The maximum Gasteiger partial charge on any atom is 0.175 e. The summed E-state index contributed by atoms with van der Waals surface area (Å²) in [6, 6.07) is 5.82. The third kappa shape index (κ3) is 6.18. The number of nitrogens with zero attached hydrogens (tertiary/aromatic N) is 2. The van der Waals surface area contributed by atoms with Crippen LogP contribution in [0.4, 0.5) is 0 Å². The molecule has 31 heavy (non-hydrogen) atoms. The summed E-state index contributed by atoms with van der Waals surface area (Å²) >= 11 is 0. The van der Waals surface area contributed by atoms with Crippen LogP contribution >= 0.6 is 0 Å². The van der Waals surface area contributed by atoms with Crippen molar-refractivity contribution < 1.29 is 28.5 Å². The third-order valence-corrected chi connectivity index (χ3v) is 6.20. The molecular weight excluding hydrogens is 420 g/mol. The quantitative estimate of drug-likeness (QED) is 0.642. The summed E-state index contributed by atoms with van der Waals surface area (Å²) in [5, 5.41) is 29.7. The van der Waals surface area contributed by atoms with Gasteiger partial charge in [0.2, 0.25) is 0 Å². The first kappa shape index (κ1) is 25.1. The van der Waals surface area contributed by atoms with Crippen molar-refractivity contribution in [3.05, 3.63) is 59.2 Å². The molecule has 3 N–H and O–H groups in total. The molecule has 9 heteroatoms. The molecule has 1 saturated heterocycles. The molecule has 1 fully saturated rings. The van der Waals surface area contributed by atoms with Crippen LogP contribution in [0, 0.1) is 13.8 Å². The third-order valence-electron chi connectivity index (χ3n) is 5.09. The van der Waals surface area contributed by atoms with Gasteiger partial charge >= 0.3 is 0 Å². The lowest BCUT2D eigenvalue weighted by Crippen LogP contribution is -2.34. The highest BCUT2D eigenvalue weighted by Gasteiger charge is 2.44. The van der Waals surface area contributed by atoms with Gasteiger partial charge in [0.15, 0.2) is 9.84 Å². The van der Waals surface area contributed by atoms with Gasteiger partial charge in [-0.1, -0.05) is 24.3 Å². The lowest BCUT2D eigenvalue weighted by molar-refractivity contribution is -0.0636. The predicted octanol–water partition coefficient (Wildman–Crippen LogP) is 1.76. The van der Waals surface area contributed by atoms with Gasteiger partial charge in [-0.3, -0.25) is 0 Å². The molecule has 5 unspecified atom stereocenters. The molecule has 3 rings (SSSR count). The van der Waals surface area contributed by atoms with Crippen LogP contribution < -0.4 is 0 Å². The minimum Gasteiger partial charge on any atom is -0.388 e. The summed E-state index contributed by atoms with van der Waals surface area (Å²) in [5.74, 6) is 0. The van der Waals surface area contributed by atoms with Crippen LogP contribution in [0.15, 0.2) is 41.6 Å². The van der Waals surface area contributed by atoms with E-state index in [-0.39, 0.29) is 4.90 Å². The van der Waals surface area contributed by atoms with Crippen molar-refractivity contribution in [1.29, 1.82) is 0 Å². The van der Waals surface area contributed by atoms with E-state index >= 15 is 0 Å². The van der Waals surface area contributed by atoms with E-state index < -0.39 is 40.4 Å². The molecule has 2 heterocycles. The van der Waals surface area contributed by atoms with Gasteiger partial charge in [-0.05, 0) is 45.4 Å². The van der Waals surface area contributed by atoms with Crippen molar-refractivity contribution >= 4 is 15.9 Å². The van der Waals surface area contributed by atoms with Gasteiger partial charge in [-0.15, -0.1) is 0 Å². The topological polar surface area (TPSA) is 130 Å². The summed E-state index contributed by atoms with van der Waals surface area (Å²) in [6.45, 7) is 7.56. The standard InChI is InChI=1S/C13H18O6S.C9H12N2/c1-7-10(14)12(16)13(19-7)11(15)8-4-3-5-9(6-8)20(2,17)18;1-4-5-9-7(2)10-6-11-8(9)3/h3-7,10-16H,1-2H3;4-6H,1-3H3/b;5-4-. The van der Waals surface area contributed by atoms with Crippen LogP contribution in [-0.4, -0.2) is 64.4 Å². The van der Waals surface area contributed by atoms with Gasteiger partial charge in [0.05, 0.1) is 11.0 Å². The fraction of sp³-hybridized carbons (Fsp3) is 0.455. The minimum atomic E-state index is -3.38. The fourth-order valence-electron chi connectivity index (χ4n) is 3.27. The number of hydrogen-bond acceptors (Lipinski definition) is 8. The van der Waals surface area contributed by atoms with E-state index in [1.807, 2.05) is 32.9 Å². The van der Waals surface area contributed by atoms with Crippen LogP contribution in [0.25, 0.3) is 6.08 Å². The molecule has 1 aliphatic rings. The fourth-order valence-corrected chi connectivity index (χ4v) is 3.95. The molecule has 2 aromatic rings. The van der Waals surface area contributed by atoms with Crippen LogP contribution in [0.3, 0.4) is 0 Å². The first-order valence-corrected chi connectivity index (χ1v) is 11.8. The molecular formula is C22H30N2O6S. The Morgan fingerprint density at radius 1 is 1.13 bits per heavy atom. The van der Waals surface area contributed by atoms with Crippen LogP contribution in [0.5, 0.6) is 0 Å². The van der Waals surface area contributed by atoms with Crippen LogP contribution in [-0.2, 0) is 14.6 Å². The lowest BCUT2D eigenvalue weighted by Gasteiger charge is -2.21. The van der Waals surface area contributed by atoms with Gasteiger partial charge in [-0.25, -0.2) is 18.4 Å². The molecule has 0 aliphatic carbocycles. The molecule has 5 atom stereocenters. The summed E-state index contributed by atoms with van der Waals surface area (Å²) in [5.41, 5.74) is 3.53. The van der Waals surface area contributed by atoms with Crippen molar-refractivity contribution in [3.63, 3.8) is 0 Å². The second-order valence-corrected chi connectivity index (χ2v) is 9.55. The molecule has 0 spiro atoms. The molecule has 1 aromatic carbocycles. The molecule has 1 aliphatic heterocycles. The number of allylic oxidation sites excluding steroid dienone is 1. The smallest absolute Gasteiger partial charge is 0.175 e. The van der Waals surface area contributed by atoms with Gasteiger partial charge < -0.3 is 20.1 Å². The summed E-state index contributed by atoms with van der Waals surface area (Å²) in [7, 11) is -3.38. The average Bonchev–Trinajstić information content (AvgIpc) is 2.97. The number of rotatable bonds is 4. The number of ether oxygens (including phenoxy) is 1. The number of aliphatic hydroxyl groups is 3. The van der Waals surface area contributed by atoms with Gasteiger partial charge in [0, 0.05) is 23.2 Å². The van der Waals surface area contributed by atoms with E-state index in [1.54, 1.807) is 19.3 Å². The normalized spacial score (nSPS) is 24.6. The molecule has 0 bridgehead atoms. The average molecular weight is 451 g/mol. The summed E-state index contributed by atoms with van der Waals surface area (Å²) in [4.78, 5) is 8.27. The van der Waals surface area contributed by atoms with E-state index in [0.717, 1.165) is 23.2 Å². The Morgan fingerprint density at radius 3 is 2.23 bits per heavy atom. The molecule has 0 radical (unpaired) electrons. The van der Waals surface area contributed by atoms with Gasteiger partial charge in [0.1, 0.15) is 30.7 Å². The number of benzene rings is 1. The number of sulfone groups is 1. The Kier molecular flexibility index (Phi) is 8.44. The lowest BCUT2D eigenvalue weighted by atomic mass is 9.99. The Balaban J connectivity index is 0.000000262. The second-order valence-electron chi connectivity index (χ2n) is 7.53. The van der Waals surface area contributed by atoms with E-state index in [2.05, 4.69) is 9.97 Å². The van der Waals surface area contributed by atoms with Crippen molar-refractivity contribution in [3.8, 4) is 0 Å². The number of aliphatic hydroxyl groups excluding tert-OH is 3. The Labute approximate surface area is 183 Å². The number of aromatic nitrogens is 2. The number of hydrogen-bond donors (Lipinski definition) is 3. The molecule has 1 aromatic heterocycles.